The van der Waals surface area contributed by atoms with Crippen molar-refractivity contribution in [2.75, 3.05) is 6.79 Å². The molecule has 0 bridgehead atoms. The van der Waals surface area contributed by atoms with Crippen LogP contribution in [-0.2, 0) is 6.42 Å². The third-order valence-corrected chi connectivity index (χ3v) is 3.56. The Bertz CT molecular complexity index is 646. The monoisotopic (exact) mass is 289 g/mol. The molecule has 1 aromatic heterocycles. The van der Waals surface area contributed by atoms with Crippen LogP contribution in [0.4, 0.5) is 0 Å². The molecule has 0 aliphatic carbocycles. The number of fused-ring (bicyclic) bond motifs is 1. The van der Waals surface area contributed by atoms with E-state index in [9.17, 15) is 5.11 Å². The molecule has 0 saturated carbocycles. The average Bonchev–Trinajstić information content (AvgIpc) is 3.04. The molecule has 112 valence electrons. The maximum Gasteiger partial charge on any atom is 0.231 e. The quantitative estimate of drug-likeness (QED) is 0.935. The number of aliphatic hydroxyl groups excluding tert-OH is 1. The van der Waals surface area contributed by atoms with Crippen LogP contribution in [0.25, 0.3) is 5.69 Å². The molecule has 3 rings (SSSR count). The predicted molar refractivity (Wildman–Crippen MR) is 76.6 cm³/mol. The van der Waals surface area contributed by atoms with E-state index in [0.717, 1.165) is 17.1 Å². The molecule has 1 N–H and O–H groups in total. The second kappa shape index (κ2) is 5.04. The summed E-state index contributed by atoms with van der Waals surface area (Å²) >= 11 is 0. The Morgan fingerprint density at radius 3 is 2.81 bits per heavy atom. The maximum atomic E-state index is 10.1. The highest BCUT2D eigenvalue weighted by Gasteiger charge is 2.23. The summed E-state index contributed by atoms with van der Waals surface area (Å²) in [5.74, 6) is 1.45. The van der Waals surface area contributed by atoms with Crippen LogP contribution < -0.4 is 9.47 Å². The van der Waals surface area contributed by atoms with Gasteiger partial charge in [-0.3, -0.25) is 0 Å². The summed E-state index contributed by atoms with van der Waals surface area (Å²) in [4.78, 5) is 0. The average molecular weight is 289 g/mol. The van der Waals surface area contributed by atoms with Gasteiger partial charge in [-0.25, -0.2) is 4.68 Å². The van der Waals surface area contributed by atoms with Crippen LogP contribution in [0.3, 0.4) is 0 Å². The molecule has 0 saturated heterocycles. The first kappa shape index (κ1) is 13.9. The van der Waals surface area contributed by atoms with Gasteiger partial charge in [0.1, 0.15) is 0 Å². The fourth-order valence-electron chi connectivity index (χ4n) is 2.05. The first-order chi connectivity index (χ1) is 9.93. The van der Waals surface area contributed by atoms with Crippen LogP contribution in [0, 0.1) is 5.41 Å². The highest BCUT2D eigenvalue weighted by molar-refractivity contribution is 5.49. The Morgan fingerprint density at radius 2 is 2.05 bits per heavy atom. The van der Waals surface area contributed by atoms with E-state index < -0.39 is 6.10 Å². The van der Waals surface area contributed by atoms with Crippen LogP contribution in [0.2, 0.25) is 0 Å². The van der Waals surface area contributed by atoms with Crippen molar-refractivity contribution in [3.8, 4) is 17.2 Å². The van der Waals surface area contributed by atoms with Gasteiger partial charge >= 0.3 is 0 Å². The van der Waals surface area contributed by atoms with Crippen LogP contribution in [0.15, 0.2) is 24.4 Å². The molecule has 21 heavy (non-hydrogen) atoms. The van der Waals surface area contributed by atoms with Gasteiger partial charge in [-0.2, -0.15) is 0 Å². The SMILES string of the molecule is CC(C)(C)C(O)Cc1cn(-c2ccc3c(c2)OCO3)nn1. The molecule has 1 aromatic carbocycles. The lowest BCUT2D eigenvalue weighted by atomic mass is 9.87. The van der Waals surface area contributed by atoms with E-state index in [2.05, 4.69) is 10.3 Å². The minimum absolute atomic E-state index is 0.178. The first-order valence-electron chi connectivity index (χ1n) is 6.93. The third kappa shape index (κ3) is 2.85. The summed E-state index contributed by atoms with van der Waals surface area (Å²) in [5.41, 5.74) is 1.43. The lowest BCUT2D eigenvalue weighted by molar-refractivity contribution is 0.0627. The molecule has 6 nitrogen and oxygen atoms in total. The molecule has 0 amide bonds. The number of aromatic nitrogens is 3. The molecular weight excluding hydrogens is 270 g/mol. The predicted octanol–water partition coefficient (Wildman–Crippen LogP) is 1.95. The van der Waals surface area contributed by atoms with E-state index in [1.807, 2.05) is 45.2 Å². The maximum absolute atomic E-state index is 10.1. The van der Waals surface area contributed by atoms with Crippen molar-refractivity contribution < 1.29 is 14.6 Å². The zero-order valence-corrected chi connectivity index (χ0v) is 12.4. The summed E-state index contributed by atoms with van der Waals surface area (Å²) in [7, 11) is 0. The number of ether oxygens (including phenoxy) is 2. The fraction of sp³-hybridized carbons (Fsp3) is 0.467. The van der Waals surface area contributed by atoms with Crippen molar-refractivity contribution in [2.24, 2.45) is 5.41 Å². The van der Waals surface area contributed by atoms with Gasteiger partial charge in [0.05, 0.1) is 23.7 Å². The lowest BCUT2D eigenvalue weighted by Crippen LogP contribution is -2.28. The van der Waals surface area contributed by atoms with E-state index >= 15 is 0 Å². The molecule has 0 fully saturated rings. The number of rotatable bonds is 3. The van der Waals surface area contributed by atoms with Crippen molar-refractivity contribution in [3.63, 3.8) is 0 Å². The van der Waals surface area contributed by atoms with E-state index in [0.29, 0.717) is 12.2 Å². The topological polar surface area (TPSA) is 69.4 Å². The molecule has 0 spiro atoms. The second-order valence-electron chi connectivity index (χ2n) is 6.28. The molecule has 1 aliphatic heterocycles. The van der Waals surface area contributed by atoms with Gasteiger partial charge in [0.25, 0.3) is 0 Å². The minimum Gasteiger partial charge on any atom is -0.454 e. The molecule has 1 atom stereocenters. The van der Waals surface area contributed by atoms with Gasteiger partial charge in [-0.05, 0) is 17.5 Å². The van der Waals surface area contributed by atoms with Crippen molar-refractivity contribution in [1.29, 1.82) is 0 Å². The van der Waals surface area contributed by atoms with Crippen molar-refractivity contribution in [3.05, 3.63) is 30.1 Å². The van der Waals surface area contributed by atoms with Gasteiger partial charge < -0.3 is 14.6 Å². The van der Waals surface area contributed by atoms with Crippen LogP contribution in [0.1, 0.15) is 26.5 Å². The lowest BCUT2D eigenvalue weighted by Gasteiger charge is -2.24. The number of benzene rings is 1. The highest BCUT2D eigenvalue weighted by atomic mass is 16.7. The van der Waals surface area contributed by atoms with Crippen molar-refractivity contribution >= 4 is 0 Å². The zero-order valence-electron chi connectivity index (χ0n) is 12.4. The van der Waals surface area contributed by atoms with Crippen LogP contribution >= 0.6 is 0 Å². The molecule has 1 unspecified atom stereocenters. The summed E-state index contributed by atoms with van der Waals surface area (Å²) < 4.78 is 12.3. The smallest absolute Gasteiger partial charge is 0.231 e. The Hall–Kier alpha value is -2.08. The molecule has 0 radical (unpaired) electrons. The van der Waals surface area contributed by atoms with E-state index in [1.165, 1.54) is 0 Å². The highest BCUT2D eigenvalue weighted by Crippen LogP contribution is 2.33. The van der Waals surface area contributed by atoms with Gasteiger partial charge in [0.15, 0.2) is 11.5 Å². The first-order valence-corrected chi connectivity index (χ1v) is 6.93. The Balaban J connectivity index is 1.79. The van der Waals surface area contributed by atoms with Gasteiger partial charge in [-0.15, -0.1) is 5.10 Å². The summed E-state index contributed by atoms with van der Waals surface area (Å²) in [6.45, 7) is 6.25. The molecule has 2 aromatic rings. The van der Waals surface area contributed by atoms with Gasteiger partial charge in [0, 0.05) is 12.5 Å². The van der Waals surface area contributed by atoms with E-state index in [1.54, 1.807) is 4.68 Å². The number of nitrogens with zero attached hydrogens (tertiary/aromatic N) is 3. The van der Waals surface area contributed by atoms with Crippen molar-refractivity contribution in [1.82, 2.24) is 15.0 Å². The van der Waals surface area contributed by atoms with Crippen molar-refractivity contribution in [2.45, 2.75) is 33.3 Å². The Morgan fingerprint density at radius 1 is 1.29 bits per heavy atom. The molecule has 2 heterocycles. The standard InChI is InChI=1S/C15H19N3O3/c1-15(2,3)14(19)6-10-8-18(17-16-10)11-4-5-12-13(7-11)21-9-20-12/h4-5,7-8,14,19H,6,9H2,1-3H3. The molecule has 6 heteroatoms. The Labute approximate surface area is 123 Å². The van der Waals surface area contributed by atoms with E-state index in [-0.39, 0.29) is 12.2 Å². The second-order valence-corrected chi connectivity index (χ2v) is 6.28. The minimum atomic E-state index is -0.459. The normalized spacial score (nSPS) is 15.2. The van der Waals surface area contributed by atoms with Gasteiger partial charge in [-0.1, -0.05) is 26.0 Å². The zero-order chi connectivity index (χ0) is 15.0. The Kier molecular flexibility index (Phi) is 3.33. The fourth-order valence-corrected chi connectivity index (χ4v) is 2.05. The van der Waals surface area contributed by atoms with Crippen LogP contribution in [0.5, 0.6) is 11.5 Å². The molecule has 1 aliphatic rings. The van der Waals surface area contributed by atoms with E-state index in [4.69, 9.17) is 9.47 Å². The third-order valence-electron chi connectivity index (χ3n) is 3.56. The van der Waals surface area contributed by atoms with Crippen LogP contribution in [-0.4, -0.2) is 33.0 Å². The number of hydrogen-bond acceptors (Lipinski definition) is 5. The summed E-state index contributed by atoms with van der Waals surface area (Å²) in [5, 5.41) is 18.4. The largest absolute Gasteiger partial charge is 0.454 e. The number of aliphatic hydroxyl groups is 1. The summed E-state index contributed by atoms with van der Waals surface area (Å²) in [6, 6.07) is 5.61. The summed E-state index contributed by atoms with van der Waals surface area (Å²) in [6.07, 6.45) is 1.85. The van der Waals surface area contributed by atoms with Gasteiger partial charge in [0.2, 0.25) is 6.79 Å². The number of hydrogen-bond donors (Lipinski definition) is 1. The molecular formula is C15H19N3O3.